The summed E-state index contributed by atoms with van der Waals surface area (Å²) in [5.41, 5.74) is 0. The highest BCUT2D eigenvalue weighted by Crippen LogP contribution is 2.15. The standard InChI is InChI=1S/C8H13NOS/c11-7-9-5-4-8-3-1-2-6-10-8/h8H,1-6H2. The molecule has 0 aliphatic carbocycles. The molecule has 0 bridgehead atoms. The molecule has 1 heterocycles. The van der Waals surface area contributed by atoms with Crippen LogP contribution in [0.15, 0.2) is 4.99 Å². The third-order valence-electron chi connectivity index (χ3n) is 1.90. The van der Waals surface area contributed by atoms with Gasteiger partial charge in [0.05, 0.1) is 17.8 Å². The van der Waals surface area contributed by atoms with Crippen molar-refractivity contribution in [3.8, 4) is 0 Å². The summed E-state index contributed by atoms with van der Waals surface area (Å²) in [5, 5.41) is 2.36. The summed E-state index contributed by atoms with van der Waals surface area (Å²) in [6, 6.07) is 0. The molecule has 1 fully saturated rings. The second-order valence-electron chi connectivity index (χ2n) is 2.75. The van der Waals surface area contributed by atoms with Gasteiger partial charge in [0.25, 0.3) is 0 Å². The number of aliphatic imine (C=N–C) groups is 1. The van der Waals surface area contributed by atoms with Crippen LogP contribution in [0.4, 0.5) is 0 Å². The molecule has 1 unspecified atom stereocenters. The summed E-state index contributed by atoms with van der Waals surface area (Å²) < 4.78 is 5.50. The monoisotopic (exact) mass is 171 g/mol. The smallest absolute Gasteiger partial charge is 0.0593 e. The normalized spacial score (nSPS) is 24.2. The predicted octanol–water partition coefficient (Wildman–Crippen LogP) is 2.05. The molecule has 0 aromatic carbocycles. The minimum Gasteiger partial charge on any atom is -0.378 e. The maximum absolute atomic E-state index is 5.50. The van der Waals surface area contributed by atoms with Gasteiger partial charge in [-0.15, -0.1) is 0 Å². The molecule has 0 aromatic heterocycles. The molecule has 0 spiro atoms. The van der Waals surface area contributed by atoms with E-state index in [1.807, 2.05) is 0 Å². The second kappa shape index (κ2) is 5.42. The summed E-state index contributed by atoms with van der Waals surface area (Å²) in [6.07, 6.45) is 5.13. The quantitative estimate of drug-likeness (QED) is 0.479. The molecule has 1 aliphatic rings. The van der Waals surface area contributed by atoms with E-state index in [9.17, 15) is 0 Å². The number of hydrogen-bond donors (Lipinski definition) is 0. The van der Waals surface area contributed by atoms with Crippen molar-refractivity contribution in [2.24, 2.45) is 4.99 Å². The molecule has 1 saturated heterocycles. The van der Waals surface area contributed by atoms with Crippen molar-refractivity contribution < 1.29 is 4.74 Å². The van der Waals surface area contributed by atoms with E-state index in [4.69, 9.17) is 4.74 Å². The average molecular weight is 171 g/mol. The second-order valence-corrected chi connectivity index (χ2v) is 2.93. The molecule has 0 aromatic rings. The average Bonchev–Trinajstić information content (AvgIpc) is 2.07. The van der Waals surface area contributed by atoms with Crippen LogP contribution in [0, 0.1) is 0 Å². The zero-order valence-corrected chi connectivity index (χ0v) is 7.40. The lowest BCUT2D eigenvalue weighted by Crippen LogP contribution is -2.19. The molecule has 0 saturated carbocycles. The van der Waals surface area contributed by atoms with Crippen molar-refractivity contribution >= 4 is 17.4 Å². The van der Waals surface area contributed by atoms with E-state index in [0.717, 1.165) is 19.6 Å². The van der Waals surface area contributed by atoms with Gasteiger partial charge in [0.2, 0.25) is 0 Å². The van der Waals surface area contributed by atoms with Crippen LogP contribution < -0.4 is 0 Å². The number of nitrogens with zero attached hydrogens (tertiary/aromatic N) is 1. The SMILES string of the molecule is S=C=NCCC1CCCCO1. The van der Waals surface area contributed by atoms with Gasteiger partial charge < -0.3 is 4.74 Å². The van der Waals surface area contributed by atoms with E-state index in [1.54, 1.807) is 0 Å². The van der Waals surface area contributed by atoms with E-state index >= 15 is 0 Å². The predicted molar refractivity (Wildman–Crippen MR) is 48.1 cm³/mol. The zero-order chi connectivity index (χ0) is 7.94. The van der Waals surface area contributed by atoms with E-state index in [1.165, 1.54) is 19.3 Å². The number of ether oxygens (including phenoxy) is 1. The molecule has 0 N–H and O–H groups in total. The Kier molecular flexibility index (Phi) is 4.36. The van der Waals surface area contributed by atoms with Gasteiger partial charge in [0, 0.05) is 6.61 Å². The van der Waals surface area contributed by atoms with Gasteiger partial charge in [0.15, 0.2) is 0 Å². The number of thiocarbonyl (C=S) groups is 1. The fourth-order valence-electron chi connectivity index (χ4n) is 1.29. The van der Waals surface area contributed by atoms with Crippen molar-refractivity contribution in [1.82, 2.24) is 0 Å². The summed E-state index contributed by atoms with van der Waals surface area (Å²) in [7, 11) is 0. The van der Waals surface area contributed by atoms with Crippen LogP contribution in [0.5, 0.6) is 0 Å². The lowest BCUT2D eigenvalue weighted by atomic mass is 10.1. The Hall–Kier alpha value is -0.240. The maximum Gasteiger partial charge on any atom is 0.0593 e. The largest absolute Gasteiger partial charge is 0.378 e. The molecule has 0 amide bonds. The first-order chi connectivity index (χ1) is 5.43. The molecule has 1 rings (SSSR count). The number of rotatable bonds is 3. The van der Waals surface area contributed by atoms with Crippen molar-refractivity contribution in [3.63, 3.8) is 0 Å². The molecule has 62 valence electrons. The Morgan fingerprint density at radius 3 is 3.09 bits per heavy atom. The van der Waals surface area contributed by atoms with Gasteiger partial charge >= 0.3 is 0 Å². The topological polar surface area (TPSA) is 21.6 Å². The molecule has 0 radical (unpaired) electrons. The van der Waals surface area contributed by atoms with Crippen LogP contribution in [-0.2, 0) is 4.74 Å². The fourth-order valence-corrected chi connectivity index (χ4v) is 1.38. The van der Waals surface area contributed by atoms with Gasteiger partial charge in [-0.1, -0.05) is 0 Å². The Morgan fingerprint density at radius 2 is 2.45 bits per heavy atom. The molecule has 3 heteroatoms. The van der Waals surface area contributed by atoms with Crippen LogP contribution >= 0.6 is 12.2 Å². The highest BCUT2D eigenvalue weighted by atomic mass is 32.1. The first kappa shape index (κ1) is 8.85. The molecular weight excluding hydrogens is 158 g/mol. The van der Waals surface area contributed by atoms with Gasteiger partial charge in [0.1, 0.15) is 0 Å². The summed E-state index contributed by atoms with van der Waals surface area (Å²) in [6.45, 7) is 1.69. The van der Waals surface area contributed by atoms with E-state index in [0.29, 0.717) is 6.10 Å². The zero-order valence-electron chi connectivity index (χ0n) is 6.58. The van der Waals surface area contributed by atoms with Gasteiger partial charge in [-0.2, -0.15) is 0 Å². The van der Waals surface area contributed by atoms with Crippen molar-refractivity contribution in [2.75, 3.05) is 13.2 Å². The van der Waals surface area contributed by atoms with Crippen LogP contribution in [-0.4, -0.2) is 24.4 Å². The highest BCUT2D eigenvalue weighted by Gasteiger charge is 2.12. The molecular formula is C8H13NOS. The van der Waals surface area contributed by atoms with Crippen LogP contribution in [0.3, 0.4) is 0 Å². The Labute approximate surface area is 72.7 Å². The van der Waals surface area contributed by atoms with Crippen LogP contribution in [0.2, 0.25) is 0 Å². The van der Waals surface area contributed by atoms with Crippen molar-refractivity contribution in [3.05, 3.63) is 0 Å². The highest BCUT2D eigenvalue weighted by molar-refractivity contribution is 7.78. The fraction of sp³-hybridized carbons (Fsp3) is 0.875. The summed E-state index contributed by atoms with van der Waals surface area (Å²) in [4.78, 5) is 3.85. The Morgan fingerprint density at radius 1 is 1.55 bits per heavy atom. The minimum absolute atomic E-state index is 0.427. The third-order valence-corrected chi connectivity index (χ3v) is 2.03. The Balaban J connectivity index is 2.09. The van der Waals surface area contributed by atoms with Gasteiger partial charge in [-0.05, 0) is 37.9 Å². The minimum atomic E-state index is 0.427. The summed E-state index contributed by atoms with van der Waals surface area (Å²) >= 11 is 4.46. The van der Waals surface area contributed by atoms with Crippen molar-refractivity contribution in [2.45, 2.75) is 31.8 Å². The van der Waals surface area contributed by atoms with E-state index < -0.39 is 0 Å². The lowest BCUT2D eigenvalue weighted by Gasteiger charge is -2.21. The van der Waals surface area contributed by atoms with Crippen molar-refractivity contribution in [1.29, 1.82) is 0 Å². The Bertz CT molecular complexity index is 148. The third kappa shape index (κ3) is 3.61. The van der Waals surface area contributed by atoms with E-state index in [-0.39, 0.29) is 0 Å². The maximum atomic E-state index is 5.50. The molecule has 11 heavy (non-hydrogen) atoms. The van der Waals surface area contributed by atoms with E-state index in [2.05, 4.69) is 22.4 Å². The van der Waals surface area contributed by atoms with Crippen LogP contribution in [0.1, 0.15) is 25.7 Å². The lowest BCUT2D eigenvalue weighted by molar-refractivity contribution is 0.0129. The first-order valence-corrected chi connectivity index (χ1v) is 4.49. The molecule has 2 nitrogen and oxygen atoms in total. The first-order valence-electron chi connectivity index (χ1n) is 4.08. The molecule has 1 atom stereocenters. The van der Waals surface area contributed by atoms with Crippen LogP contribution in [0.25, 0.3) is 0 Å². The summed E-state index contributed by atoms with van der Waals surface area (Å²) in [5.74, 6) is 0. The number of isothiocyanates is 1. The number of hydrogen-bond acceptors (Lipinski definition) is 3. The molecule has 1 aliphatic heterocycles. The van der Waals surface area contributed by atoms with Gasteiger partial charge in [-0.3, -0.25) is 0 Å². The van der Waals surface area contributed by atoms with Gasteiger partial charge in [-0.25, -0.2) is 4.99 Å².